The molecular formula is C6H18O37P10. The Morgan fingerprint density at radius 2 is 0.623 bits per heavy atom. The fraction of sp³-hybridized carbons (Fsp3) is 0.500. The van der Waals surface area contributed by atoms with E-state index in [1.807, 2.05) is 0 Å². The van der Waals surface area contributed by atoms with Gasteiger partial charge in [-0.15, -0.1) is 0 Å². The third-order valence-corrected chi connectivity index (χ3v) is 18.7. The van der Waals surface area contributed by atoms with Gasteiger partial charge in [-0.25, -0.2) is 50.4 Å². The van der Waals surface area contributed by atoms with Crippen molar-refractivity contribution < 1.29 is 173 Å². The number of phosphoric acid groups is 10. The summed E-state index contributed by atoms with van der Waals surface area (Å²) < 4.78 is 148. The van der Waals surface area contributed by atoms with Crippen LogP contribution in [0, 0.1) is 0 Å². The first-order valence-electron chi connectivity index (χ1n) is 10.6. The van der Waals surface area contributed by atoms with Crippen LogP contribution in [0.25, 0.3) is 0 Å². The third-order valence-electron chi connectivity index (χ3n) is 3.36. The summed E-state index contributed by atoms with van der Waals surface area (Å²) in [6, 6.07) is 0. The van der Waals surface area contributed by atoms with Crippen LogP contribution in [0.2, 0.25) is 0 Å². The number of hydrogen-bond acceptors (Lipinski definition) is 24. The van der Waals surface area contributed by atoms with Gasteiger partial charge < -0.3 is 68.8 Å². The predicted octanol–water partition coefficient (Wildman–Crippen LogP) is -0.644. The van der Waals surface area contributed by atoms with Crippen LogP contribution in [0.5, 0.6) is 0 Å². The summed E-state index contributed by atoms with van der Waals surface area (Å²) in [7, 11) is -67.0. The Kier molecular flexibility index (Phi) is 17.7. The molecule has 0 saturated carbocycles. The molecule has 0 aromatic carbocycles. The molecule has 0 fully saturated rings. The van der Waals surface area contributed by atoms with Gasteiger partial charge in [0.15, 0.2) is 5.60 Å². The molecule has 0 aliphatic heterocycles. The smallest absolute Gasteiger partial charge is 0.481 e. The van der Waals surface area contributed by atoms with E-state index < -0.39 is 115 Å². The van der Waals surface area contributed by atoms with Crippen LogP contribution >= 0.6 is 78.2 Å². The number of carboxylic acids is 2. The van der Waals surface area contributed by atoms with Crippen molar-refractivity contribution in [3.05, 3.63) is 0 Å². The van der Waals surface area contributed by atoms with Gasteiger partial charge >= 0.3 is 96.1 Å². The zero-order valence-corrected chi connectivity index (χ0v) is 32.5. The molecule has 0 aliphatic rings. The van der Waals surface area contributed by atoms with Crippen LogP contribution in [0.15, 0.2) is 0 Å². The Balaban J connectivity index is 5.68. The second kappa shape index (κ2) is 17.8. The molecule has 37 nitrogen and oxygen atoms in total. The Bertz CT molecular complexity index is 1910. The molecule has 47 heteroatoms. The molecule has 14 N–H and O–H groups in total. The quantitative estimate of drug-likeness (QED) is 0.0535. The minimum absolute atomic E-state index is 1.75. The normalized spacial score (nSPS) is 23.9. The fourth-order valence-corrected chi connectivity index (χ4v) is 15.2. The van der Waals surface area contributed by atoms with Gasteiger partial charge in [-0.3, -0.25) is 14.5 Å². The molecule has 0 aromatic rings. The summed E-state index contributed by atoms with van der Waals surface area (Å²) in [4.78, 5) is 134. The molecule has 0 amide bonds. The predicted molar refractivity (Wildman–Crippen MR) is 146 cm³/mol. The Morgan fingerprint density at radius 1 is 0.396 bits per heavy atom. The molecule has 0 bridgehead atoms. The van der Waals surface area contributed by atoms with E-state index in [0.717, 1.165) is 0 Å². The van der Waals surface area contributed by atoms with Crippen molar-refractivity contribution in [2.45, 2.75) is 18.4 Å². The van der Waals surface area contributed by atoms with Gasteiger partial charge in [-0.05, 0) is 0 Å². The number of aliphatic hydroxyl groups is 1. The van der Waals surface area contributed by atoms with Gasteiger partial charge in [0.1, 0.15) is 0 Å². The maximum atomic E-state index is 11.9. The van der Waals surface area contributed by atoms with Crippen molar-refractivity contribution >= 4 is 96.1 Å². The minimum atomic E-state index is -6.96. The van der Waals surface area contributed by atoms with Gasteiger partial charge in [-0.1, -0.05) is 0 Å². The summed E-state index contributed by atoms with van der Waals surface area (Å²) in [6.07, 6.45) is -3.75. The van der Waals surface area contributed by atoms with E-state index in [4.69, 9.17) is 29.8 Å². The van der Waals surface area contributed by atoms with E-state index in [9.17, 15) is 99.4 Å². The monoisotopic (exact) mass is 992 g/mol. The summed E-state index contributed by atoms with van der Waals surface area (Å²) in [5.74, 6) is -6.87. The molecule has 53 heavy (non-hydrogen) atoms. The first-order valence-corrected chi connectivity index (χ1v) is 25.6. The standard InChI is InChI=1S/C6H18O37P10/c7-3(8)1-6(12,5(10)11)2-4(9)34-45(16,17)36-47(20,21)38-49(24,25)40-51(28,29)42-53(32,33)43-52(30,31)41-50(26,27)39-48(22,23)37-46(18,19)35-44(13,14)15/h12H,1-2H2,(H,7,8)(H,10,11)(H,16,17)(H,18,19)(H,20,21)(H,22,23)(H,24,25)(H,26,27)(H,28,29)(H,30,31)(H,32,33)(H2,13,14,15). The highest BCUT2D eigenvalue weighted by atomic mass is 31.3. The molecule has 0 heterocycles. The van der Waals surface area contributed by atoms with Crippen LogP contribution < -0.4 is 0 Å². The van der Waals surface area contributed by atoms with Crippen LogP contribution in [0.4, 0.5) is 0 Å². The average Bonchev–Trinajstić information content (AvgIpc) is 2.67. The zero-order valence-electron chi connectivity index (χ0n) is 23.5. The molecule has 10 atom stereocenters. The molecule has 0 aromatic heterocycles. The number of carbonyl (C=O) groups excluding carboxylic acids is 1. The topological polar surface area (TPSA) is 597 Å². The van der Waals surface area contributed by atoms with Gasteiger partial charge in [-0.2, -0.15) is 38.8 Å². The minimum Gasteiger partial charge on any atom is -0.481 e. The Morgan fingerprint density at radius 3 is 0.830 bits per heavy atom. The van der Waals surface area contributed by atoms with Crippen molar-refractivity contribution in [3.8, 4) is 0 Å². The van der Waals surface area contributed by atoms with Gasteiger partial charge in [0, 0.05) is 0 Å². The lowest BCUT2D eigenvalue weighted by molar-refractivity contribution is -0.170. The molecule has 0 saturated heterocycles. The van der Waals surface area contributed by atoms with Crippen molar-refractivity contribution in [3.63, 3.8) is 0 Å². The summed E-state index contributed by atoms with van der Waals surface area (Å²) in [5.41, 5.74) is -3.55. The summed E-state index contributed by atoms with van der Waals surface area (Å²) in [5, 5.41) is 27.1. The van der Waals surface area contributed by atoms with E-state index in [-0.39, 0.29) is 0 Å². The first kappa shape index (κ1) is 52.9. The van der Waals surface area contributed by atoms with E-state index in [0.29, 0.717) is 0 Å². The lowest BCUT2D eigenvalue weighted by Crippen LogP contribution is -2.43. The number of rotatable bonds is 24. The van der Waals surface area contributed by atoms with Gasteiger partial charge in [0.05, 0.1) is 12.8 Å². The summed E-state index contributed by atoms with van der Waals surface area (Å²) in [6.45, 7) is 0. The number of phosphoric ester groups is 1. The molecule has 10 unspecified atom stereocenters. The maximum Gasteiger partial charge on any atom is 0.538 e. The van der Waals surface area contributed by atoms with Crippen LogP contribution in [0.1, 0.15) is 12.8 Å². The highest BCUT2D eigenvalue weighted by Gasteiger charge is 2.53. The van der Waals surface area contributed by atoms with Gasteiger partial charge in [0.25, 0.3) is 0 Å². The Hall–Kier alpha value is -0.130. The highest BCUT2D eigenvalue weighted by molar-refractivity contribution is 7.74. The highest BCUT2D eigenvalue weighted by Crippen LogP contribution is 2.78. The molecular weight excluding hydrogens is 974 g/mol. The first-order chi connectivity index (χ1) is 22.8. The lowest BCUT2D eigenvalue weighted by Gasteiger charge is -2.22. The Labute approximate surface area is 287 Å². The maximum absolute atomic E-state index is 11.9. The van der Waals surface area contributed by atoms with Crippen molar-refractivity contribution in [1.82, 2.24) is 0 Å². The van der Waals surface area contributed by atoms with Gasteiger partial charge in [0.2, 0.25) is 0 Å². The third kappa shape index (κ3) is 23.0. The van der Waals surface area contributed by atoms with E-state index in [2.05, 4.69) is 43.3 Å². The van der Waals surface area contributed by atoms with E-state index >= 15 is 0 Å². The van der Waals surface area contributed by atoms with E-state index in [1.165, 1.54) is 0 Å². The molecule has 0 radical (unpaired) electrons. The average molecular weight is 992 g/mol. The second-order valence-corrected chi connectivity index (χ2v) is 23.5. The molecule has 314 valence electrons. The number of carboxylic acid groups (broad SMARTS) is 2. The zero-order chi connectivity index (χ0) is 42.7. The number of aliphatic carboxylic acids is 2. The number of carbonyl (C=O) groups is 3. The molecule has 0 aliphatic carbocycles. The summed E-state index contributed by atoms with van der Waals surface area (Å²) >= 11 is 0. The second-order valence-electron chi connectivity index (χ2n) is 7.99. The largest absolute Gasteiger partial charge is 0.538 e. The van der Waals surface area contributed by atoms with Crippen molar-refractivity contribution in [2.75, 3.05) is 0 Å². The molecule has 0 spiro atoms. The van der Waals surface area contributed by atoms with Crippen molar-refractivity contribution in [1.29, 1.82) is 0 Å². The SMILES string of the molecule is O=C(O)CC(O)(CC(=O)OP(=O)(O)OP(=O)(O)OP(=O)(O)OP(=O)(O)OP(=O)(O)OP(=O)(O)OP(=O)(O)OP(=O)(O)OP(=O)(O)OP(=O)(O)O)C(=O)O. The van der Waals surface area contributed by atoms with Crippen LogP contribution in [-0.2, 0) is 103 Å². The number of hydrogen-bond donors (Lipinski definition) is 14. The van der Waals surface area contributed by atoms with Crippen molar-refractivity contribution in [2.24, 2.45) is 0 Å². The van der Waals surface area contributed by atoms with Crippen LogP contribution in [-0.4, -0.2) is 92.7 Å². The van der Waals surface area contributed by atoms with Crippen LogP contribution in [0.3, 0.4) is 0 Å². The fourth-order valence-electron chi connectivity index (χ4n) is 2.18. The van der Waals surface area contributed by atoms with E-state index in [1.54, 1.807) is 0 Å². The molecule has 0 rings (SSSR count). The lowest BCUT2D eigenvalue weighted by atomic mass is 9.96.